The number of sulfonamides is 1. The summed E-state index contributed by atoms with van der Waals surface area (Å²) in [5.74, 6) is 0.459. The van der Waals surface area contributed by atoms with Crippen molar-refractivity contribution in [3.8, 4) is 0 Å². The predicted octanol–water partition coefficient (Wildman–Crippen LogP) is 1.06. The second kappa shape index (κ2) is 6.64. The largest absolute Gasteiger partial charge is 0.396 e. The van der Waals surface area contributed by atoms with E-state index < -0.39 is 10.0 Å². The molecule has 1 aromatic rings. The van der Waals surface area contributed by atoms with E-state index in [0.29, 0.717) is 11.6 Å². The fourth-order valence-corrected chi connectivity index (χ4v) is 3.39. The second-order valence-corrected chi connectivity index (χ2v) is 7.29. The van der Waals surface area contributed by atoms with Crippen molar-refractivity contribution in [3.05, 3.63) is 18.2 Å². The number of nitrogens with one attached hydrogen (secondary N) is 1. The maximum Gasteiger partial charge on any atom is 0.240 e. The van der Waals surface area contributed by atoms with Gasteiger partial charge in [0.05, 0.1) is 11.4 Å². The van der Waals surface area contributed by atoms with Crippen LogP contribution >= 0.6 is 0 Å². The van der Waals surface area contributed by atoms with E-state index in [9.17, 15) is 8.42 Å². The van der Waals surface area contributed by atoms with E-state index in [-0.39, 0.29) is 10.6 Å². The number of likely N-dealkylation sites (tertiary alicyclic amines) is 1. The normalized spacial score (nSPS) is 17.8. The number of hydrogen-bond donors (Lipinski definition) is 3. The first-order chi connectivity index (χ1) is 9.88. The van der Waals surface area contributed by atoms with Crippen LogP contribution in [0.1, 0.15) is 19.8 Å². The summed E-state index contributed by atoms with van der Waals surface area (Å²) in [4.78, 5) is 2.43. The second-order valence-electron chi connectivity index (χ2n) is 5.76. The highest BCUT2D eigenvalue weighted by molar-refractivity contribution is 7.89. The highest BCUT2D eigenvalue weighted by Crippen LogP contribution is 2.26. The van der Waals surface area contributed by atoms with Crippen molar-refractivity contribution in [2.24, 2.45) is 11.1 Å². The highest BCUT2D eigenvalue weighted by Gasteiger charge is 2.17. The lowest BCUT2D eigenvalue weighted by molar-refractivity contribution is 0.294. The van der Waals surface area contributed by atoms with Crippen LogP contribution < -0.4 is 16.2 Å². The zero-order valence-electron chi connectivity index (χ0n) is 12.4. The van der Waals surface area contributed by atoms with E-state index >= 15 is 0 Å². The van der Waals surface area contributed by atoms with E-state index in [2.05, 4.69) is 17.1 Å². The number of benzene rings is 1. The van der Waals surface area contributed by atoms with Crippen LogP contribution in [0.4, 0.5) is 11.4 Å². The predicted molar refractivity (Wildman–Crippen MR) is 85.6 cm³/mol. The molecular weight excluding hydrogens is 288 g/mol. The van der Waals surface area contributed by atoms with Gasteiger partial charge in [0.1, 0.15) is 4.90 Å². The molecule has 1 aliphatic heterocycles. The molecule has 0 aliphatic carbocycles. The Labute approximate surface area is 126 Å². The fraction of sp³-hybridized carbons (Fsp3) is 0.571. The summed E-state index contributed by atoms with van der Waals surface area (Å²) in [5, 5.41) is 8.38. The molecule has 1 fully saturated rings. The van der Waals surface area contributed by atoms with Gasteiger partial charge in [0.2, 0.25) is 10.0 Å². The van der Waals surface area contributed by atoms with Crippen molar-refractivity contribution < 1.29 is 8.42 Å². The molecule has 0 amide bonds. The average Bonchev–Trinajstić information content (AvgIpc) is 2.89. The topological polar surface area (TPSA) is 101 Å². The van der Waals surface area contributed by atoms with Crippen LogP contribution in [0.2, 0.25) is 0 Å². The number of nitrogen functional groups attached to an aromatic ring is 1. The smallest absolute Gasteiger partial charge is 0.240 e. The Bertz CT molecular complexity index is 583. The zero-order chi connectivity index (χ0) is 15.5. The molecule has 6 nitrogen and oxygen atoms in total. The number of rotatable bonds is 6. The molecule has 1 atom stereocenters. The monoisotopic (exact) mass is 312 g/mol. The molecule has 1 aromatic carbocycles. The molecule has 1 aliphatic rings. The van der Waals surface area contributed by atoms with Gasteiger partial charge in [0.15, 0.2) is 0 Å². The minimum absolute atomic E-state index is 0.0281. The third-order valence-electron chi connectivity index (χ3n) is 3.78. The van der Waals surface area contributed by atoms with Gasteiger partial charge >= 0.3 is 0 Å². The maximum absolute atomic E-state index is 11.4. The number of nitrogens with two attached hydrogens (primary N) is 2. The molecule has 5 N–H and O–H groups in total. The summed E-state index contributed by atoms with van der Waals surface area (Å²) in [6.45, 7) is 6.31. The highest BCUT2D eigenvalue weighted by atomic mass is 32.2. The number of nitrogens with zero attached hydrogens (tertiary/aromatic N) is 1. The molecule has 0 aromatic heterocycles. The fourth-order valence-electron chi connectivity index (χ4n) is 2.70. The van der Waals surface area contributed by atoms with Gasteiger partial charge in [0.25, 0.3) is 0 Å². The van der Waals surface area contributed by atoms with Crippen molar-refractivity contribution in [2.45, 2.75) is 24.7 Å². The lowest BCUT2D eigenvalue weighted by Crippen LogP contribution is -2.29. The molecule has 118 valence electrons. The van der Waals surface area contributed by atoms with Crippen LogP contribution in [0.3, 0.4) is 0 Å². The summed E-state index contributed by atoms with van der Waals surface area (Å²) < 4.78 is 22.9. The Kier molecular flexibility index (Phi) is 5.08. The van der Waals surface area contributed by atoms with Gasteiger partial charge in [-0.1, -0.05) is 13.0 Å². The first-order valence-corrected chi connectivity index (χ1v) is 8.80. The number of hydrogen-bond acceptors (Lipinski definition) is 5. The van der Waals surface area contributed by atoms with Crippen LogP contribution in [0.5, 0.6) is 0 Å². The zero-order valence-corrected chi connectivity index (χ0v) is 13.2. The standard InChI is InChI=1S/C14H24N4O2S/c1-11(10-18-7-2-3-8-18)9-17-12-5-4-6-13(14(12)15)21(16,19)20/h4-6,11,17H,2-3,7-10,15H2,1H3,(H2,16,19,20). The number of para-hydroxylation sites is 1. The molecule has 0 spiro atoms. The van der Waals surface area contributed by atoms with Crippen molar-refractivity contribution in [1.82, 2.24) is 4.90 Å². The minimum Gasteiger partial charge on any atom is -0.396 e. The first kappa shape index (κ1) is 16.1. The van der Waals surface area contributed by atoms with E-state index in [1.165, 1.54) is 32.0 Å². The number of primary sulfonamides is 1. The molecule has 0 radical (unpaired) electrons. The van der Waals surface area contributed by atoms with Crippen molar-refractivity contribution in [2.75, 3.05) is 37.2 Å². The van der Waals surface area contributed by atoms with Crippen LogP contribution in [-0.4, -0.2) is 39.5 Å². The molecule has 21 heavy (non-hydrogen) atoms. The molecule has 1 heterocycles. The Morgan fingerprint density at radius 2 is 2.00 bits per heavy atom. The van der Waals surface area contributed by atoms with Crippen molar-refractivity contribution in [1.29, 1.82) is 0 Å². The molecule has 0 bridgehead atoms. The summed E-state index contributed by atoms with van der Waals surface area (Å²) >= 11 is 0. The first-order valence-electron chi connectivity index (χ1n) is 7.25. The Morgan fingerprint density at radius 3 is 2.62 bits per heavy atom. The van der Waals surface area contributed by atoms with E-state index in [1.54, 1.807) is 12.1 Å². The third kappa shape index (κ3) is 4.33. The molecule has 7 heteroatoms. The van der Waals surface area contributed by atoms with Gasteiger partial charge < -0.3 is 16.0 Å². The Hall–Kier alpha value is -1.31. The molecule has 0 saturated carbocycles. The van der Waals surface area contributed by atoms with Crippen molar-refractivity contribution in [3.63, 3.8) is 0 Å². The Balaban J connectivity index is 1.96. The summed E-state index contributed by atoms with van der Waals surface area (Å²) in [6.07, 6.45) is 2.56. The number of anilines is 2. The van der Waals surface area contributed by atoms with Gasteiger partial charge in [-0.2, -0.15) is 0 Å². The van der Waals surface area contributed by atoms with Crippen molar-refractivity contribution >= 4 is 21.4 Å². The van der Waals surface area contributed by atoms with Crippen LogP contribution in [0.25, 0.3) is 0 Å². The van der Waals surface area contributed by atoms with Gasteiger partial charge in [-0.3, -0.25) is 0 Å². The van der Waals surface area contributed by atoms with Gasteiger partial charge in [-0.05, 0) is 44.0 Å². The van der Waals surface area contributed by atoms with Crippen LogP contribution in [0, 0.1) is 5.92 Å². The van der Waals surface area contributed by atoms with E-state index in [1.807, 2.05) is 0 Å². The SMILES string of the molecule is CC(CNc1cccc(S(N)(=O)=O)c1N)CN1CCCC1. The summed E-state index contributed by atoms with van der Waals surface area (Å²) in [5.41, 5.74) is 6.70. The molecule has 2 rings (SSSR count). The molecular formula is C14H24N4O2S. The molecule has 1 saturated heterocycles. The summed E-state index contributed by atoms with van der Waals surface area (Å²) in [6, 6.07) is 4.83. The lowest BCUT2D eigenvalue weighted by atomic mass is 10.1. The van der Waals surface area contributed by atoms with Gasteiger partial charge in [0, 0.05) is 13.1 Å². The summed E-state index contributed by atoms with van der Waals surface area (Å²) in [7, 11) is -3.79. The van der Waals surface area contributed by atoms with Crippen LogP contribution in [-0.2, 0) is 10.0 Å². The van der Waals surface area contributed by atoms with Crippen LogP contribution in [0.15, 0.2) is 23.1 Å². The van der Waals surface area contributed by atoms with E-state index in [4.69, 9.17) is 10.9 Å². The maximum atomic E-state index is 11.4. The quantitative estimate of drug-likeness (QED) is 0.682. The van der Waals surface area contributed by atoms with Gasteiger partial charge in [-0.15, -0.1) is 0 Å². The van der Waals surface area contributed by atoms with Gasteiger partial charge in [-0.25, -0.2) is 13.6 Å². The third-order valence-corrected chi connectivity index (χ3v) is 4.75. The van der Waals surface area contributed by atoms with E-state index in [0.717, 1.165) is 13.1 Å². The molecule has 1 unspecified atom stereocenters. The Morgan fingerprint density at radius 1 is 1.33 bits per heavy atom. The lowest BCUT2D eigenvalue weighted by Gasteiger charge is -2.21. The minimum atomic E-state index is -3.79. The average molecular weight is 312 g/mol.